The third-order valence-corrected chi connectivity index (χ3v) is 2.17. The zero-order valence-electron chi connectivity index (χ0n) is 7.33. The number of ether oxygens (including phenoxy) is 2. The molecule has 0 aliphatic rings. The summed E-state index contributed by atoms with van der Waals surface area (Å²) in [5, 5.41) is 0. The van der Waals surface area contributed by atoms with Crippen molar-refractivity contribution in [3.63, 3.8) is 0 Å². The Bertz CT molecular complexity index is 265. The third kappa shape index (κ3) is 1.82. The van der Waals surface area contributed by atoms with Gasteiger partial charge in [0.15, 0.2) is 0 Å². The number of hydrogen-bond acceptors (Lipinski definition) is 4. The summed E-state index contributed by atoms with van der Waals surface area (Å²) in [5.41, 5.74) is 0. The van der Waals surface area contributed by atoms with Crippen LogP contribution in [0.4, 0.5) is 0 Å². The molecule has 0 radical (unpaired) electrons. The largest absolute Gasteiger partial charge is 0.481 e. The fourth-order valence-electron chi connectivity index (χ4n) is 0.826. The monoisotopic (exact) mass is 185 g/mol. The first-order chi connectivity index (χ1) is 5.81. The Hall–Kier alpha value is -0.900. The lowest BCUT2D eigenvalue weighted by Gasteiger charge is -2.05. The normalized spacial score (nSPS) is 9.58. The van der Waals surface area contributed by atoms with Crippen molar-refractivity contribution in [1.82, 2.24) is 4.98 Å². The van der Waals surface area contributed by atoms with Crippen LogP contribution in [0.1, 0.15) is 0 Å². The fraction of sp³-hybridized carbons (Fsp3) is 0.375. The molecule has 0 aliphatic heterocycles. The first kappa shape index (κ1) is 9.19. The van der Waals surface area contributed by atoms with Crippen molar-refractivity contribution in [3.05, 3.63) is 12.1 Å². The molecule has 0 amide bonds. The van der Waals surface area contributed by atoms with Crippen LogP contribution in [0.2, 0.25) is 0 Å². The van der Waals surface area contributed by atoms with Crippen LogP contribution in [-0.4, -0.2) is 25.5 Å². The molecule has 3 nitrogen and oxygen atoms in total. The number of rotatable bonds is 3. The van der Waals surface area contributed by atoms with Crippen LogP contribution >= 0.6 is 11.8 Å². The number of aromatic nitrogens is 1. The predicted molar refractivity (Wildman–Crippen MR) is 49.1 cm³/mol. The molecule has 1 rings (SSSR count). The lowest BCUT2D eigenvalue weighted by molar-refractivity contribution is 0.357. The molecule has 66 valence electrons. The average Bonchev–Trinajstić information content (AvgIpc) is 2.16. The second-order valence-corrected chi connectivity index (χ2v) is 2.91. The van der Waals surface area contributed by atoms with Gasteiger partial charge in [-0.2, -0.15) is 4.98 Å². The van der Waals surface area contributed by atoms with E-state index in [4.69, 9.17) is 9.47 Å². The lowest BCUT2D eigenvalue weighted by Crippen LogP contribution is -1.93. The van der Waals surface area contributed by atoms with Gasteiger partial charge in [-0.05, 0) is 12.3 Å². The Kier molecular flexibility index (Phi) is 3.22. The van der Waals surface area contributed by atoms with Gasteiger partial charge in [0.25, 0.3) is 0 Å². The second-order valence-electron chi connectivity index (χ2n) is 2.07. The maximum absolute atomic E-state index is 5.07. The standard InChI is InChI=1S/C8H11NO2S/c1-10-7-5-4-6(12-3)8(9-7)11-2/h4-5H,1-3H3. The summed E-state index contributed by atoms with van der Waals surface area (Å²) in [4.78, 5) is 5.13. The SMILES string of the molecule is COc1ccc(SC)c(OC)n1. The molecule has 1 aromatic heterocycles. The van der Waals surface area contributed by atoms with Gasteiger partial charge >= 0.3 is 0 Å². The Morgan fingerprint density at radius 1 is 1.25 bits per heavy atom. The van der Waals surface area contributed by atoms with Gasteiger partial charge in [-0.15, -0.1) is 11.8 Å². The highest BCUT2D eigenvalue weighted by Crippen LogP contribution is 2.27. The van der Waals surface area contributed by atoms with Crippen molar-refractivity contribution in [2.45, 2.75) is 4.90 Å². The highest BCUT2D eigenvalue weighted by Gasteiger charge is 2.04. The molecule has 0 fully saturated rings. The molecule has 0 saturated heterocycles. The van der Waals surface area contributed by atoms with E-state index in [2.05, 4.69) is 4.98 Å². The van der Waals surface area contributed by atoms with Crippen LogP contribution in [0, 0.1) is 0 Å². The number of nitrogens with zero attached hydrogens (tertiary/aromatic N) is 1. The maximum atomic E-state index is 5.07. The molecule has 0 atom stereocenters. The second kappa shape index (κ2) is 4.21. The van der Waals surface area contributed by atoms with Gasteiger partial charge in [-0.1, -0.05) is 0 Å². The highest BCUT2D eigenvalue weighted by molar-refractivity contribution is 7.98. The van der Waals surface area contributed by atoms with Crippen molar-refractivity contribution in [2.75, 3.05) is 20.5 Å². The van der Waals surface area contributed by atoms with Gasteiger partial charge in [-0.3, -0.25) is 0 Å². The van der Waals surface area contributed by atoms with Crippen LogP contribution in [0.15, 0.2) is 17.0 Å². The zero-order valence-corrected chi connectivity index (χ0v) is 8.14. The van der Waals surface area contributed by atoms with Crippen LogP contribution in [0.5, 0.6) is 11.8 Å². The summed E-state index contributed by atoms with van der Waals surface area (Å²) < 4.78 is 10.0. The van der Waals surface area contributed by atoms with E-state index in [-0.39, 0.29) is 0 Å². The lowest BCUT2D eigenvalue weighted by atomic mass is 10.5. The van der Waals surface area contributed by atoms with Crippen molar-refractivity contribution in [2.24, 2.45) is 0 Å². The van der Waals surface area contributed by atoms with E-state index in [1.807, 2.05) is 18.4 Å². The van der Waals surface area contributed by atoms with E-state index < -0.39 is 0 Å². The molecule has 0 saturated carbocycles. The summed E-state index contributed by atoms with van der Waals surface area (Å²) in [5.74, 6) is 1.19. The summed E-state index contributed by atoms with van der Waals surface area (Å²) in [6.45, 7) is 0. The Morgan fingerprint density at radius 3 is 2.50 bits per heavy atom. The molecule has 0 spiro atoms. The highest BCUT2D eigenvalue weighted by atomic mass is 32.2. The molecule has 0 aliphatic carbocycles. The maximum Gasteiger partial charge on any atom is 0.230 e. The Labute approximate surface area is 76.1 Å². The molecule has 12 heavy (non-hydrogen) atoms. The molecule has 4 heteroatoms. The van der Waals surface area contributed by atoms with E-state index in [9.17, 15) is 0 Å². The molecule has 0 bridgehead atoms. The van der Waals surface area contributed by atoms with E-state index in [1.165, 1.54) is 0 Å². The van der Waals surface area contributed by atoms with E-state index >= 15 is 0 Å². The van der Waals surface area contributed by atoms with E-state index in [0.29, 0.717) is 11.8 Å². The molecule has 0 aromatic carbocycles. The Morgan fingerprint density at radius 2 is 2.00 bits per heavy atom. The van der Waals surface area contributed by atoms with Gasteiger partial charge in [0.2, 0.25) is 11.8 Å². The summed E-state index contributed by atoms with van der Waals surface area (Å²) in [6.07, 6.45) is 1.98. The van der Waals surface area contributed by atoms with E-state index in [0.717, 1.165) is 4.90 Å². The van der Waals surface area contributed by atoms with Gasteiger partial charge in [-0.25, -0.2) is 0 Å². The number of thioether (sulfide) groups is 1. The minimum absolute atomic E-state index is 0.574. The van der Waals surface area contributed by atoms with Crippen LogP contribution < -0.4 is 9.47 Å². The van der Waals surface area contributed by atoms with Crippen molar-refractivity contribution in [3.8, 4) is 11.8 Å². The smallest absolute Gasteiger partial charge is 0.230 e. The van der Waals surface area contributed by atoms with Gasteiger partial charge in [0, 0.05) is 6.07 Å². The first-order valence-electron chi connectivity index (χ1n) is 3.45. The summed E-state index contributed by atoms with van der Waals surface area (Å²) in [6, 6.07) is 3.74. The van der Waals surface area contributed by atoms with Crippen molar-refractivity contribution >= 4 is 11.8 Å². The van der Waals surface area contributed by atoms with Crippen molar-refractivity contribution in [1.29, 1.82) is 0 Å². The summed E-state index contributed by atoms with van der Waals surface area (Å²) >= 11 is 1.60. The van der Waals surface area contributed by atoms with E-state index in [1.54, 1.807) is 26.0 Å². The minimum Gasteiger partial charge on any atom is -0.481 e. The number of methoxy groups -OCH3 is 2. The predicted octanol–water partition coefficient (Wildman–Crippen LogP) is 1.82. The molecular weight excluding hydrogens is 174 g/mol. The molecular formula is C8H11NO2S. The zero-order chi connectivity index (χ0) is 8.97. The van der Waals surface area contributed by atoms with Crippen molar-refractivity contribution < 1.29 is 9.47 Å². The topological polar surface area (TPSA) is 31.4 Å². The Balaban J connectivity index is 3.02. The molecule has 1 heterocycles. The average molecular weight is 185 g/mol. The molecule has 0 unspecified atom stereocenters. The third-order valence-electron chi connectivity index (χ3n) is 1.42. The quantitative estimate of drug-likeness (QED) is 0.672. The van der Waals surface area contributed by atoms with Crippen LogP contribution in [0.25, 0.3) is 0 Å². The van der Waals surface area contributed by atoms with Crippen LogP contribution in [0.3, 0.4) is 0 Å². The molecule has 0 N–H and O–H groups in total. The number of pyridine rings is 1. The van der Waals surface area contributed by atoms with Gasteiger partial charge in [0.05, 0.1) is 19.1 Å². The van der Waals surface area contributed by atoms with Gasteiger partial charge < -0.3 is 9.47 Å². The minimum atomic E-state index is 0.574. The first-order valence-corrected chi connectivity index (χ1v) is 4.67. The number of hydrogen-bond donors (Lipinski definition) is 0. The summed E-state index contributed by atoms with van der Waals surface area (Å²) in [7, 11) is 3.18. The van der Waals surface area contributed by atoms with Gasteiger partial charge in [0.1, 0.15) is 0 Å². The molecule has 1 aromatic rings. The fourth-order valence-corrected chi connectivity index (χ4v) is 1.33. The van der Waals surface area contributed by atoms with Crippen LogP contribution in [-0.2, 0) is 0 Å².